The molecule has 17 heavy (non-hydrogen) atoms. The third kappa shape index (κ3) is 4.72. The SMILES string of the molecule is CC(CO)S(=O)(=O)NCCOc1ccccc1. The van der Waals surface area contributed by atoms with Crippen molar-refractivity contribution in [3.63, 3.8) is 0 Å². The zero-order valence-electron chi connectivity index (χ0n) is 9.67. The second-order valence-electron chi connectivity index (χ2n) is 3.59. The van der Waals surface area contributed by atoms with Crippen molar-refractivity contribution in [2.24, 2.45) is 0 Å². The Bertz CT molecular complexity index is 418. The van der Waals surface area contributed by atoms with E-state index in [2.05, 4.69) is 4.72 Å². The quantitative estimate of drug-likeness (QED) is 0.694. The molecule has 1 aromatic carbocycles. The number of para-hydroxylation sites is 1. The smallest absolute Gasteiger partial charge is 0.216 e. The number of hydrogen-bond acceptors (Lipinski definition) is 4. The first-order valence-corrected chi connectivity index (χ1v) is 6.88. The van der Waals surface area contributed by atoms with Crippen LogP contribution in [0.1, 0.15) is 6.92 Å². The van der Waals surface area contributed by atoms with Crippen molar-refractivity contribution in [1.82, 2.24) is 4.72 Å². The molecular formula is C11H17NO4S. The standard InChI is InChI=1S/C11H17NO4S/c1-10(9-13)17(14,15)12-7-8-16-11-5-3-2-4-6-11/h2-6,10,12-13H,7-9H2,1H3. The lowest BCUT2D eigenvalue weighted by molar-refractivity contribution is 0.293. The summed E-state index contributed by atoms with van der Waals surface area (Å²) in [6.45, 7) is 1.48. The Kier molecular flexibility index (Phi) is 5.40. The molecule has 0 aliphatic carbocycles. The van der Waals surface area contributed by atoms with Crippen LogP contribution in [0.25, 0.3) is 0 Å². The summed E-state index contributed by atoms with van der Waals surface area (Å²) in [5, 5.41) is 7.95. The lowest BCUT2D eigenvalue weighted by Crippen LogP contribution is -2.36. The predicted molar refractivity (Wildman–Crippen MR) is 65.4 cm³/mol. The Morgan fingerprint density at radius 1 is 1.35 bits per heavy atom. The van der Waals surface area contributed by atoms with E-state index in [9.17, 15) is 8.42 Å². The minimum atomic E-state index is -3.44. The first-order valence-electron chi connectivity index (χ1n) is 5.33. The van der Waals surface area contributed by atoms with Crippen molar-refractivity contribution < 1.29 is 18.3 Å². The van der Waals surface area contributed by atoms with E-state index in [0.717, 1.165) is 0 Å². The van der Waals surface area contributed by atoms with E-state index < -0.39 is 21.9 Å². The summed E-state index contributed by atoms with van der Waals surface area (Å²) < 4.78 is 30.6. The molecule has 0 aromatic heterocycles. The molecule has 1 aromatic rings. The molecule has 0 radical (unpaired) electrons. The summed E-state index contributed by atoms with van der Waals surface area (Å²) >= 11 is 0. The van der Waals surface area contributed by atoms with Crippen molar-refractivity contribution in [1.29, 1.82) is 0 Å². The van der Waals surface area contributed by atoms with E-state index >= 15 is 0 Å². The number of ether oxygens (including phenoxy) is 1. The molecule has 0 heterocycles. The number of rotatable bonds is 7. The molecule has 2 N–H and O–H groups in total. The van der Waals surface area contributed by atoms with Gasteiger partial charge in [0.1, 0.15) is 12.4 Å². The first kappa shape index (κ1) is 14.0. The minimum Gasteiger partial charge on any atom is -0.492 e. The van der Waals surface area contributed by atoms with Crippen LogP contribution in [0, 0.1) is 0 Å². The van der Waals surface area contributed by atoms with Gasteiger partial charge in [-0.2, -0.15) is 0 Å². The van der Waals surface area contributed by atoms with Crippen LogP contribution in [0.15, 0.2) is 30.3 Å². The molecule has 0 saturated heterocycles. The number of sulfonamides is 1. The number of aliphatic hydroxyl groups is 1. The summed E-state index contributed by atoms with van der Waals surface area (Å²) in [5.41, 5.74) is 0. The number of hydrogen-bond donors (Lipinski definition) is 2. The fourth-order valence-electron chi connectivity index (χ4n) is 1.11. The third-order valence-corrected chi connectivity index (χ3v) is 4.02. The van der Waals surface area contributed by atoms with Gasteiger partial charge in [-0.1, -0.05) is 18.2 Å². The van der Waals surface area contributed by atoms with E-state index in [1.54, 1.807) is 12.1 Å². The van der Waals surface area contributed by atoms with Crippen LogP contribution in [0.3, 0.4) is 0 Å². The van der Waals surface area contributed by atoms with Crippen molar-refractivity contribution in [3.05, 3.63) is 30.3 Å². The van der Waals surface area contributed by atoms with E-state index in [1.165, 1.54) is 6.92 Å². The number of aliphatic hydroxyl groups excluding tert-OH is 1. The van der Waals surface area contributed by atoms with Crippen LogP contribution in [-0.4, -0.2) is 38.5 Å². The molecule has 0 bridgehead atoms. The summed E-state index contributed by atoms with van der Waals surface area (Å²) in [6, 6.07) is 9.15. The fourth-order valence-corrected chi connectivity index (χ4v) is 1.96. The van der Waals surface area contributed by atoms with Gasteiger partial charge in [0.05, 0.1) is 11.9 Å². The van der Waals surface area contributed by atoms with Crippen LogP contribution in [-0.2, 0) is 10.0 Å². The second-order valence-corrected chi connectivity index (χ2v) is 5.78. The minimum absolute atomic E-state index is 0.182. The van der Waals surface area contributed by atoms with E-state index in [1.807, 2.05) is 18.2 Å². The third-order valence-electron chi connectivity index (χ3n) is 2.20. The molecule has 1 unspecified atom stereocenters. The molecule has 1 rings (SSSR count). The van der Waals surface area contributed by atoms with Crippen molar-refractivity contribution in [2.45, 2.75) is 12.2 Å². The summed E-state index contributed by atoms with van der Waals surface area (Å²) in [6.07, 6.45) is 0. The zero-order valence-corrected chi connectivity index (χ0v) is 10.5. The van der Waals surface area contributed by atoms with Gasteiger partial charge in [0.25, 0.3) is 0 Å². The molecule has 96 valence electrons. The highest BCUT2D eigenvalue weighted by molar-refractivity contribution is 7.90. The fraction of sp³-hybridized carbons (Fsp3) is 0.455. The van der Waals surface area contributed by atoms with Crippen LogP contribution in [0.4, 0.5) is 0 Å². The molecule has 0 spiro atoms. The highest BCUT2D eigenvalue weighted by Gasteiger charge is 2.18. The zero-order chi connectivity index (χ0) is 12.7. The predicted octanol–water partition coefficient (Wildman–Crippen LogP) is 0.366. The number of benzene rings is 1. The van der Waals surface area contributed by atoms with Crippen LogP contribution in [0.2, 0.25) is 0 Å². The lowest BCUT2D eigenvalue weighted by Gasteiger charge is -2.11. The van der Waals surface area contributed by atoms with Crippen molar-refractivity contribution in [2.75, 3.05) is 19.8 Å². The van der Waals surface area contributed by atoms with Gasteiger partial charge in [0.15, 0.2) is 0 Å². The summed E-state index contributed by atoms with van der Waals surface area (Å²) in [7, 11) is -3.44. The molecule has 5 nitrogen and oxygen atoms in total. The molecular weight excluding hydrogens is 242 g/mol. The molecule has 0 saturated carbocycles. The van der Waals surface area contributed by atoms with Gasteiger partial charge < -0.3 is 9.84 Å². The van der Waals surface area contributed by atoms with E-state index in [0.29, 0.717) is 5.75 Å². The lowest BCUT2D eigenvalue weighted by atomic mass is 10.3. The van der Waals surface area contributed by atoms with Crippen molar-refractivity contribution in [3.8, 4) is 5.75 Å². The monoisotopic (exact) mass is 259 g/mol. The van der Waals surface area contributed by atoms with Gasteiger partial charge in [0, 0.05) is 6.54 Å². The van der Waals surface area contributed by atoms with E-state index in [-0.39, 0.29) is 13.2 Å². The second kappa shape index (κ2) is 6.58. The van der Waals surface area contributed by atoms with E-state index in [4.69, 9.17) is 9.84 Å². The molecule has 0 amide bonds. The van der Waals surface area contributed by atoms with Crippen molar-refractivity contribution >= 4 is 10.0 Å². The molecule has 0 fully saturated rings. The van der Waals surface area contributed by atoms with Gasteiger partial charge in [-0.05, 0) is 19.1 Å². The Hall–Kier alpha value is -1.11. The highest BCUT2D eigenvalue weighted by atomic mass is 32.2. The maximum atomic E-state index is 11.4. The van der Waals surface area contributed by atoms with Gasteiger partial charge in [-0.25, -0.2) is 13.1 Å². The van der Waals surface area contributed by atoms with Crippen LogP contribution >= 0.6 is 0 Å². The first-order chi connectivity index (χ1) is 8.06. The Labute approximate surface area is 101 Å². The molecule has 1 atom stereocenters. The van der Waals surface area contributed by atoms with Crippen LogP contribution in [0.5, 0.6) is 5.75 Å². The Morgan fingerprint density at radius 2 is 2.00 bits per heavy atom. The molecule has 0 aliphatic heterocycles. The summed E-state index contributed by atoms with van der Waals surface area (Å²) in [4.78, 5) is 0. The maximum Gasteiger partial charge on any atom is 0.216 e. The maximum absolute atomic E-state index is 11.4. The molecule has 6 heteroatoms. The Morgan fingerprint density at radius 3 is 2.59 bits per heavy atom. The number of nitrogens with one attached hydrogen (secondary N) is 1. The normalized spacial score (nSPS) is 13.3. The average molecular weight is 259 g/mol. The summed E-state index contributed by atoms with van der Waals surface area (Å²) in [5.74, 6) is 0.696. The van der Waals surface area contributed by atoms with Gasteiger partial charge >= 0.3 is 0 Å². The van der Waals surface area contributed by atoms with Gasteiger partial charge in [0.2, 0.25) is 10.0 Å². The Balaban J connectivity index is 2.30. The van der Waals surface area contributed by atoms with Gasteiger partial charge in [-0.3, -0.25) is 0 Å². The topological polar surface area (TPSA) is 75.6 Å². The largest absolute Gasteiger partial charge is 0.492 e. The molecule has 0 aliphatic rings. The van der Waals surface area contributed by atoms with Crippen LogP contribution < -0.4 is 9.46 Å². The van der Waals surface area contributed by atoms with Gasteiger partial charge in [-0.15, -0.1) is 0 Å². The highest BCUT2D eigenvalue weighted by Crippen LogP contribution is 2.07. The average Bonchev–Trinajstić information content (AvgIpc) is 2.35.